The third-order valence-electron chi connectivity index (χ3n) is 4.41. The number of ether oxygens (including phenoxy) is 1. The molecule has 0 aliphatic heterocycles. The van der Waals surface area contributed by atoms with Gasteiger partial charge in [-0.1, -0.05) is 30.7 Å². The minimum absolute atomic E-state index is 0.224. The van der Waals surface area contributed by atoms with E-state index in [0.717, 1.165) is 25.7 Å². The normalized spacial score (nSPS) is 18.3. The predicted molar refractivity (Wildman–Crippen MR) is 83.3 cm³/mol. The van der Waals surface area contributed by atoms with Crippen LogP contribution in [0.15, 0.2) is 24.3 Å². The van der Waals surface area contributed by atoms with E-state index in [1.54, 1.807) is 13.8 Å². The van der Waals surface area contributed by atoms with Gasteiger partial charge in [-0.25, -0.2) is 0 Å². The summed E-state index contributed by atoms with van der Waals surface area (Å²) in [5.41, 5.74) is 2.13. The van der Waals surface area contributed by atoms with E-state index in [1.165, 1.54) is 17.5 Å². The Kier molecular flexibility index (Phi) is 5.40. The minimum atomic E-state index is -0.718. The van der Waals surface area contributed by atoms with Crippen LogP contribution in [0.1, 0.15) is 63.2 Å². The molecule has 0 radical (unpaired) electrons. The van der Waals surface area contributed by atoms with Gasteiger partial charge in [0.05, 0.1) is 11.5 Å². The van der Waals surface area contributed by atoms with Crippen LogP contribution in [0, 0.1) is 5.41 Å². The quantitative estimate of drug-likeness (QED) is 0.759. The summed E-state index contributed by atoms with van der Waals surface area (Å²) in [5, 5.41) is 9.08. The highest BCUT2D eigenvalue weighted by Crippen LogP contribution is 2.32. The third-order valence-corrected chi connectivity index (χ3v) is 4.41. The van der Waals surface area contributed by atoms with Gasteiger partial charge in [0.2, 0.25) is 0 Å². The van der Waals surface area contributed by atoms with E-state index in [-0.39, 0.29) is 6.10 Å². The monoisotopic (exact) mass is 290 g/mol. The zero-order valence-corrected chi connectivity index (χ0v) is 13.1. The first-order valence-electron chi connectivity index (χ1n) is 7.93. The van der Waals surface area contributed by atoms with Crippen LogP contribution < -0.4 is 0 Å². The van der Waals surface area contributed by atoms with Crippen LogP contribution in [-0.2, 0) is 16.0 Å². The van der Waals surface area contributed by atoms with E-state index >= 15 is 0 Å². The average molecular weight is 290 g/mol. The van der Waals surface area contributed by atoms with Crippen LogP contribution in [0.3, 0.4) is 0 Å². The van der Waals surface area contributed by atoms with E-state index in [1.807, 2.05) is 0 Å². The van der Waals surface area contributed by atoms with Crippen LogP contribution in [0.4, 0.5) is 0 Å². The second-order valence-corrected chi connectivity index (χ2v) is 6.60. The number of carboxylic acids is 1. The summed E-state index contributed by atoms with van der Waals surface area (Å²) in [6, 6.07) is 8.54. The Bertz CT molecular complexity index is 479. The topological polar surface area (TPSA) is 46.5 Å². The summed E-state index contributed by atoms with van der Waals surface area (Å²) >= 11 is 0. The molecule has 0 fully saturated rings. The van der Waals surface area contributed by atoms with Gasteiger partial charge in [-0.05, 0) is 57.1 Å². The van der Waals surface area contributed by atoms with Gasteiger partial charge in [0.25, 0.3) is 0 Å². The van der Waals surface area contributed by atoms with Crippen LogP contribution in [0.25, 0.3) is 0 Å². The van der Waals surface area contributed by atoms with Crippen molar-refractivity contribution in [3.63, 3.8) is 0 Å². The molecule has 3 nitrogen and oxygen atoms in total. The number of benzene rings is 1. The zero-order chi connectivity index (χ0) is 15.3. The molecule has 1 N–H and O–H groups in total. The molecule has 116 valence electrons. The highest BCUT2D eigenvalue weighted by Gasteiger charge is 2.26. The number of carboxylic acid groups (broad SMARTS) is 1. The Balaban J connectivity index is 1.74. The van der Waals surface area contributed by atoms with E-state index in [2.05, 4.69) is 24.3 Å². The van der Waals surface area contributed by atoms with Gasteiger partial charge in [0, 0.05) is 6.61 Å². The van der Waals surface area contributed by atoms with Crippen LogP contribution in [0.2, 0.25) is 0 Å². The molecule has 1 aromatic carbocycles. The molecule has 3 heteroatoms. The Labute approximate surface area is 127 Å². The van der Waals surface area contributed by atoms with Gasteiger partial charge in [-0.3, -0.25) is 4.79 Å². The summed E-state index contributed by atoms with van der Waals surface area (Å²) in [7, 11) is 0. The van der Waals surface area contributed by atoms with E-state index in [9.17, 15) is 4.79 Å². The SMILES string of the molecule is CC(C)(CCCCOC1CCCc2ccccc21)C(=O)O. The predicted octanol–water partition coefficient (Wildman–Crippen LogP) is 4.36. The van der Waals surface area contributed by atoms with Crippen LogP contribution in [0.5, 0.6) is 0 Å². The van der Waals surface area contributed by atoms with Gasteiger partial charge >= 0.3 is 5.97 Å². The number of hydrogen-bond acceptors (Lipinski definition) is 2. The molecule has 1 aromatic rings. The smallest absolute Gasteiger partial charge is 0.309 e. The van der Waals surface area contributed by atoms with E-state index in [0.29, 0.717) is 13.0 Å². The van der Waals surface area contributed by atoms with Crippen LogP contribution >= 0.6 is 0 Å². The number of aryl methyl sites for hydroxylation is 1. The largest absolute Gasteiger partial charge is 0.481 e. The summed E-state index contributed by atoms with van der Waals surface area (Å²) in [5.74, 6) is -0.718. The lowest BCUT2D eigenvalue weighted by Crippen LogP contribution is -2.23. The number of rotatable bonds is 7. The summed E-state index contributed by atoms with van der Waals surface area (Å²) in [4.78, 5) is 11.0. The van der Waals surface area contributed by atoms with Crippen molar-refractivity contribution >= 4 is 5.97 Å². The standard InChI is InChI=1S/C18H26O3/c1-18(2,17(19)20)12-5-6-13-21-16-11-7-9-14-8-3-4-10-15(14)16/h3-4,8,10,16H,5-7,9,11-13H2,1-2H3,(H,19,20). The van der Waals surface area contributed by atoms with Crippen molar-refractivity contribution in [1.29, 1.82) is 0 Å². The molecule has 2 rings (SSSR count). The zero-order valence-electron chi connectivity index (χ0n) is 13.1. The lowest BCUT2D eigenvalue weighted by Gasteiger charge is -2.26. The second kappa shape index (κ2) is 7.08. The van der Waals surface area contributed by atoms with Gasteiger partial charge in [-0.15, -0.1) is 0 Å². The fourth-order valence-corrected chi connectivity index (χ4v) is 2.88. The lowest BCUT2D eigenvalue weighted by atomic mass is 9.87. The Morgan fingerprint density at radius 1 is 1.33 bits per heavy atom. The number of carbonyl (C=O) groups is 1. The molecule has 0 aromatic heterocycles. The lowest BCUT2D eigenvalue weighted by molar-refractivity contribution is -0.147. The Morgan fingerprint density at radius 3 is 2.86 bits per heavy atom. The highest BCUT2D eigenvalue weighted by molar-refractivity contribution is 5.73. The van der Waals surface area contributed by atoms with Crippen LogP contribution in [-0.4, -0.2) is 17.7 Å². The number of unbranched alkanes of at least 4 members (excludes halogenated alkanes) is 1. The molecule has 0 saturated carbocycles. The van der Waals surface area contributed by atoms with Crippen molar-refractivity contribution in [2.24, 2.45) is 5.41 Å². The van der Waals surface area contributed by atoms with Gasteiger partial charge < -0.3 is 9.84 Å². The molecule has 1 atom stereocenters. The molecular formula is C18H26O3. The Morgan fingerprint density at radius 2 is 2.10 bits per heavy atom. The molecule has 1 unspecified atom stereocenters. The number of aliphatic carboxylic acids is 1. The first-order chi connectivity index (χ1) is 10.0. The molecule has 0 spiro atoms. The first-order valence-corrected chi connectivity index (χ1v) is 7.93. The molecule has 0 saturated heterocycles. The van der Waals surface area contributed by atoms with Crippen molar-refractivity contribution in [3.05, 3.63) is 35.4 Å². The molecule has 21 heavy (non-hydrogen) atoms. The van der Waals surface area contributed by atoms with Crippen molar-refractivity contribution in [1.82, 2.24) is 0 Å². The van der Waals surface area contributed by atoms with Crippen molar-refractivity contribution in [2.45, 2.75) is 58.5 Å². The van der Waals surface area contributed by atoms with Gasteiger partial charge in [-0.2, -0.15) is 0 Å². The van der Waals surface area contributed by atoms with E-state index < -0.39 is 11.4 Å². The Hall–Kier alpha value is -1.35. The molecule has 1 aliphatic rings. The maximum absolute atomic E-state index is 11.0. The molecular weight excluding hydrogens is 264 g/mol. The maximum atomic E-state index is 11.0. The summed E-state index contributed by atoms with van der Waals surface area (Å²) < 4.78 is 6.04. The fourth-order valence-electron chi connectivity index (χ4n) is 2.88. The molecule has 0 amide bonds. The minimum Gasteiger partial charge on any atom is -0.481 e. The maximum Gasteiger partial charge on any atom is 0.309 e. The van der Waals surface area contributed by atoms with E-state index in [4.69, 9.17) is 9.84 Å². The second-order valence-electron chi connectivity index (χ2n) is 6.60. The summed E-state index contributed by atoms with van der Waals surface area (Å²) in [6.07, 6.45) is 6.19. The fraction of sp³-hybridized carbons (Fsp3) is 0.611. The number of hydrogen-bond donors (Lipinski definition) is 1. The van der Waals surface area contributed by atoms with Gasteiger partial charge in [0.1, 0.15) is 0 Å². The third kappa shape index (κ3) is 4.31. The summed E-state index contributed by atoms with van der Waals surface area (Å²) in [6.45, 7) is 4.29. The van der Waals surface area contributed by atoms with Crippen molar-refractivity contribution in [3.8, 4) is 0 Å². The number of fused-ring (bicyclic) bond motifs is 1. The van der Waals surface area contributed by atoms with Gasteiger partial charge in [0.15, 0.2) is 0 Å². The molecule has 0 bridgehead atoms. The molecule has 1 aliphatic carbocycles. The molecule has 0 heterocycles. The highest BCUT2D eigenvalue weighted by atomic mass is 16.5. The van der Waals surface area contributed by atoms with Crippen molar-refractivity contribution < 1.29 is 14.6 Å². The average Bonchev–Trinajstić information content (AvgIpc) is 2.47. The van der Waals surface area contributed by atoms with Crippen molar-refractivity contribution in [2.75, 3.05) is 6.61 Å². The first kappa shape index (κ1) is 16.0.